The van der Waals surface area contributed by atoms with E-state index in [4.69, 9.17) is 9.47 Å². The van der Waals surface area contributed by atoms with Crippen LogP contribution in [0.4, 0.5) is 5.95 Å². The summed E-state index contributed by atoms with van der Waals surface area (Å²) in [5, 5.41) is 17.1. The van der Waals surface area contributed by atoms with Crippen molar-refractivity contribution in [1.29, 1.82) is 0 Å². The Morgan fingerprint density at radius 1 is 0.947 bits per heavy atom. The first-order chi connectivity index (χ1) is 18.7. The molecule has 0 unspecified atom stereocenters. The van der Waals surface area contributed by atoms with Crippen LogP contribution >= 0.6 is 0 Å². The largest absolute Gasteiger partial charge is 0.497 e. The zero-order valence-electron chi connectivity index (χ0n) is 22.4. The predicted octanol–water partition coefficient (Wildman–Crippen LogP) is 6.70. The summed E-state index contributed by atoms with van der Waals surface area (Å²) in [7, 11) is 1.63. The van der Waals surface area contributed by atoms with Crippen molar-refractivity contribution in [1.82, 2.24) is 25.2 Å². The van der Waals surface area contributed by atoms with Gasteiger partial charge in [-0.05, 0) is 47.2 Å². The number of nitrogens with zero attached hydrogens (tertiary/aromatic N) is 4. The van der Waals surface area contributed by atoms with Crippen LogP contribution in [0.2, 0.25) is 0 Å². The molecule has 0 atom stereocenters. The van der Waals surface area contributed by atoms with Crippen LogP contribution < -0.4 is 14.8 Å². The number of ether oxygens (including phenoxy) is 2. The van der Waals surface area contributed by atoms with E-state index in [1.54, 1.807) is 7.11 Å². The lowest BCUT2D eigenvalue weighted by atomic mass is 10.1. The van der Waals surface area contributed by atoms with Crippen molar-refractivity contribution in [2.45, 2.75) is 71.1 Å². The zero-order valence-corrected chi connectivity index (χ0v) is 22.4. The number of tetrazole rings is 1. The summed E-state index contributed by atoms with van der Waals surface area (Å²) >= 11 is 0. The predicted molar refractivity (Wildman–Crippen MR) is 149 cm³/mol. The van der Waals surface area contributed by atoms with E-state index < -0.39 is 0 Å². The molecule has 0 saturated heterocycles. The highest BCUT2D eigenvalue weighted by atomic mass is 16.5. The van der Waals surface area contributed by atoms with E-state index in [1.807, 2.05) is 53.1 Å². The van der Waals surface area contributed by atoms with Gasteiger partial charge in [0.25, 0.3) is 5.91 Å². The van der Waals surface area contributed by atoms with Crippen molar-refractivity contribution in [3.8, 4) is 17.2 Å². The van der Waals surface area contributed by atoms with Gasteiger partial charge in [0.05, 0.1) is 19.2 Å². The molecule has 0 spiro atoms. The number of amides is 1. The summed E-state index contributed by atoms with van der Waals surface area (Å²) in [4.78, 5) is 13.6. The Labute approximate surface area is 223 Å². The lowest BCUT2D eigenvalue weighted by Crippen LogP contribution is -2.18. The second kappa shape index (κ2) is 14.2. The Hall–Kier alpha value is -3.88. The number of unbranched alkanes of at least 4 members (excludes halogenated alkanes) is 9. The van der Waals surface area contributed by atoms with E-state index in [0.717, 1.165) is 29.4 Å². The van der Waals surface area contributed by atoms with E-state index in [9.17, 15) is 4.79 Å². The maximum Gasteiger partial charge on any atom is 0.278 e. The molecule has 0 aliphatic heterocycles. The number of rotatable bonds is 16. The van der Waals surface area contributed by atoms with Crippen LogP contribution in [0.1, 0.15) is 81.6 Å². The monoisotopic (exact) mass is 518 g/mol. The van der Waals surface area contributed by atoms with Gasteiger partial charge in [-0.2, -0.15) is 0 Å². The van der Waals surface area contributed by atoms with Crippen LogP contribution in [0.5, 0.6) is 11.5 Å². The minimum absolute atomic E-state index is 0.165. The fraction of sp³-hybridized carbons (Fsp3) is 0.448. The van der Waals surface area contributed by atoms with E-state index in [2.05, 4.69) is 32.9 Å². The summed E-state index contributed by atoms with van der Waals surface area (Å²) in [6.45, 7) is 2.77. The average Bonchev–Trinajstić information content (AvgIpc) is 3.57. The van der Waals surface area contributed by atoms with Crippen molar-refractivity contribution >= 4 is 22.8 Å². The molecule has 0 aliphatic rings. The molecule has 0 bridgehead atoms. The van der Waals surface area contributed by atoms with Crippen molar-refractivity contribution in [2.24, 2.45) is 0 Å². The molecule has 2 aromatic carbocycles. The molecular weight excluding hydrogens is 480 g/mol. The highest BCUT2D eigenvalue weighted by Gasteiger charge is 2.26. The molecule has 0 fully saturated rings. The standard InChI is InChI=1S/C29H38N6O3/c1-3-4-5-6-7-8-9-10-11-15-20-38-27-24-21-23(37-2)18-19-25(24)35(22-16-13-12-14-17-22)26(27)28(36)30-29-31-33-34-32-29/h12-14,16-19,21H,3-11,15,20H2,1-2H3,(H2,30,31,32,33,34,36). The second-order valence-electron chi connectivity index (χ2n) is 9.47. The van der Waals surface area contributed by atoms with Gasteiger partial charge in [0.15, 0.2) is 11.4 Å². The SMILES string of the molecule is CCCCCCCCCCCCOc1c(C(=O)Nc2nnn[nH]2)n(-c2ccccc2)c2ccc(OC)cc12. The number of nitrogens with one attached hydrogen (secondary N) is 2. The quantitative estimate of drug-likeness (QED) is 0.160. The molecule has 0 saturated carbocycles. The van der Waals surface area contributed by atoms with Crippen LogP contribution in [0, 0.1) is 0 Å². The van der Waals surface area contributed by atoms with Gasteiger partial charge >= 0.3 is 0 Å². The van der Waals surface area contributed by atoms with E-state index in [0.29, 0.717) is 23.8 Å². The number of aromatic nitrogens is 5. The average molecular weight is 519 g/mol. The molecular formula is C29H38N6O3. The number of aromatic amines is 1. The van der Waals surface area contributed by atoms with Gasteiger partial charge in [-0.25, -0.2) is 5.10 Å². The van der Waals surface area contributed by atoms with Crippen LogP contribution in [0.3, 0.4) is 0 Å². The molecule has 0 radical (unpaired) electrons. The number of anilines is 1. The molecule has 2 aromatic heterocycles. The number of fused-ring (bicyclic) bond motifs is 1. The van der Waals surface area contributed by atoms with Crippen LogP contribution in [0.25, 0.3) is 16.6 Å². The first-order valence-electron chi connectivity index (χ1n) is 13.7. The summed E-state index contributed by atoms with van der Waals surface area (Å²) in [6, 6.07) is 15.5. The number of methoxy groups -OCH3 is 1. The highest BCUT2D eigenvalue weighted by molar-refractivity contribution is 6.10. The van der Waals surface area contributed by atoms with Crippen LogP contribution in [0.15, 0.2) is 48.5 Å². The minimum atomic E-state index is -0.374. The van der Waals surface area contributed by atoms with E-state index >= 15 is 0 Å². The Balaban J connectivity index is 1.53. The summed E-state index contributed by atoms with van der Waals surface area (Å²) < 4.78 is 13.8. The van der Waals surface area contributed by atoms with Crippen LogP contribution in [-0.2, 0) is 0 Å². The molecule has 0 aliphatic carbocycles. The van der Waals surface area contributed by atoms with Gasteiger partial charge in [0, 0.05) is 11.1 Å². The third-order valence-electron chi connectivity index (χ3n) is 6.68. The Kier molecular flexibility index (Phi) is 10.1. The summed E-state index contributed by atoms with van der Waals surface area (Å²) in [5.74, 6) is 1.00. The maximum absolute atomic E-state index is 13.6. The van der Waals surface area contributed by atoms with Crippen molar-refractivity contribution in [2.75, 3.05) is 19.0 Å². The van der Waals surface area contributed by atoms with E-state index in [1.165, 1.54) is 51.4 Å². The smallest absolute Gasteiger partial charge is 0.278 e. The van der Waals surface area contributed by atoms with E-state index in [-0.39, 0.29) is 11.9 Å². The van der Waals surface area contributed by atoms with Crippen LogP contribution in [-0.4, -0.2) is 44.8 Å². The van der Waals surface area contributed by atoms with Gasteiger partial charge < -0.3 is 14.0 Å². The number of H-pyrrole nitrogens is 1. The number of hydrogen-bond acceptors (Lipinski definition) is 6. The number of carbonyl (C=O) groups excluding carboxylic acids is 1. The zero-order chi connectivity index (χ0) is 26.6. The Morgan fingerprint density at radius 3 is 2.32 bits per heavy atom. The summed E-state index contributed by atoms with van der Waals surface area (Å²) in [6.07, 6.45) is 12.4. The van der Waals surface area contributed by atoms with Gasteiger partial charge in [0.2, 0.25) is 5.95 Å². The van der Waals surface area contributed by atoms with Crippen molar-refractivity contribution in [3.05, 3.63) is 54.2 Å². The number of para-hydroxylation sites is 1. The van der Waals surface area contributed by atoms with Crippen molar-refractivity contribution < 1.29 is 14.3 Å². The summed E-state index contributed by atoms with van der Waals surface area (Å²) in [5.41, 5.74) is 2.07. The first-order valence-corrected chi connectivity index (χ1v) is 13.7. The third-order valence-corrected chi connectivity index (χ3v) is 6.68. The molecule has 9 nitrogen and oxygen atoms in total. The molecule has 9 heteroatoms. The first kappa shape index (κ1) is 27.2. The molecule has 202 valence electrons. The molecule has 4 aromatic rings. The molecule has 4 rings (SSSR count). The fourth-order valence-corrected chi connectivity index (χ4v) is 4.71. The maximum atomic E-state index is 13.6. The normalized spacial score (nSPS) is 11.1. The molecule has 1 amide bonds. The number of hydrogen-bond donors (Lipinski definition) is 2. The van der Waals surface area contributed by atoms with Crippen molar-refractivity contribution in [3.63, 3.8) is 0 Å². The second-order valence-corrected chi connectivity index (χ2v) is 9.47. The lowest BCUT2D eigenvalue weighted by Gasteiger charge is -2.12. The van der Waals surface area contributed by atoms with Gasteiger partial charge in [-0.15, -0.1) is 0 Å². The number of benzene rings is 2. The Bertz CT molecular complexity index is 1270. The fourth-order valence-electron chi connectivity index (χ4n) is 4.71. The minimum Gasteiger partial charge on any atom is -0.497 e. The molecule has 2 heterocycles. The lowest BCUT2D eigenvalue weighted by molar-refractivity contribution is 0.101. The highest BCUT2D eigenvalue weighted by Crippen LogP contribution is 2.38. The Morgan fingerprint density at radius 2 is 1.66 bits per heavy atom. The topological polar surface area (TPSA) is 107 Å². The van der Waals surface area contributed by atoms with Gasteiger partial charge in [-0.3, -0.25) is 10.1 Å². The number of carbonyl (C=O) groups is 1. The van der Waals surface area contributed by atoms with Gasteiger partial charge in [-0.1, -0.05) is 88.0 Å². The molecule has 2 N–H and O–H groups in total. The third kappa shape index (κ3) is 6.90. The molecule has 38 heavy (non-hydrogen) atoms. The van der Waals surface area contributed by atoms with Gasteiger partial charge in [0.1, 0.15) is 5.75 Å².